The quantitative estimate of drug-likeness (QED) is 0.791. The van der Waals surface area contributed by atoms with Crippen LogP contribution in [0.4, 0.5) is 0 Å². The summed E-state index contributed by atoms with van der Waals surface area (Å²) in [6.07, 6.45) is 3.72. The lowest BCUT2D eigenvalue weighted by Gasteiger charge is -2.14. The lowest BCUT2D eigenvalue weighted by atomic mass is 10.2. The van der Waals surface area contributed by atoms with Crippen molar-refractivity contribution in [3.63, 3.8) is 0 Å². The Morgan fingerprint density at radius 1 is 1.33 bits per heavy atom. The molecule has 1 aromatic carbocycles. The Labute approximate surface area is 134 Å². The van der Waals surface area contributed by atoms with Crippen LogP contribution in [0.1, 0.15) is 19.4 Å². The highest BCUT2D eigenvalue weighted by Crippen LogP contribution is 2.29. The Bertz CT molecular complexity index is 540. The maximum Gasteiger partial charge on any atom is 0.138 e. The van der Waals surface area contributed by atoms with Gasteiger partial charge in [-0.3, -0.25) is 4.68 Å². The van der Waals surface area contributed by atoms with Gasteiger partial charge in [0.1, 0.15) is 12.4 Å². The van der Waals surface area contributed by atoms with Crippen molar-refractivity contribution in [3.8, 4) is 5.75 Å². The first-order valence-corrected chi connectivity index (χ1v) is 8.04. The van der Waals surface area contributed by atoms with Gasteiger partial charge in [0, 0.05) is 24.5 Å². The van der Waals surface area contributed by atoms with Crippen LogP contribution >= 0.6 is 15.9 Å². The first kappa shape index (κ1) is 16.0. The Balaban J connectivity index is 1.93. The molecule has 0 aliphatic rings. The largest absolute Gasteiger partial charge is 0.490 e. The molecule has 2 aromatic rings. The minimum atomic E-state index is 0.599. The molecular weight excluding hydrogens is 330 g/mol. The summed E-state index contributed by atoms with van der Waals surface area (Å²) in [6.45, 7) is 7.56. The van der Waals surface area contributed by atoms with E-state index in [0.717, 1.165) is 29.9 Å². The van der Waals surface area contributed by atoms with E-state index in [1.54, 1.807) is 6.20 Å². The average Bonchev–Trinajstić information content (AvgIpc) is 2.94. The van der Waals surface area contributed by atoms with Crippen molar-refractivity contribution in [1.82, 2.24) is 15.1 Å². The number of hydrogen-bond donors (Lipinski definition) is 1. The van der Waals surface area contributed by atoms with E-state index >= 15 is 0 Å². The first-order valence-electron chi connectivity index (χ1n) is 7.25. The summed E-state index contributed by atoms with van der Waals surface area (Å²) in [6, 6.07) is 8.06. The summed E-state index contributed by atoms with van der Waals surface area (Å²) in [5.41, 5.74) is 1.17. The summed E-state index contributed by atoms with van der Waals surface area (Å²) >= 11 is 3.57. The van der Waals surface area contributed by atoms with Crippen molar-refractivity contribution >= 4 is 15.9 Å². The SMILES string of the molecule is CC(C)CNCc1cccc(Br)c1OCCn1cccn1. The van der Waals surface area contributed by atoms with Gasteiger partial charge in [0.25, 0.3) is 0 Å². The van der Waals surface area contributed by atoms with Crippen molar-refractivity contribution in [3.05, 3.63) is 46.7 Å². The van der Waals surface area contributed by atoms with E-state index in [1.807, 2.05) is 29.1 Å². The molecule has 0 amide bonds. The molecule has 2 rings (SSSR count). The third-order valence-corrected chi connectivity index (χ3v) is 3.67. The van der Waals surface area contributed by atoms with Crippen LogP contribution in [-0.4, -0.2) is 22.9 Å². The molecule has 0 bridgehead atoms. The summed E-state index contributed by atoms with van der Waals surface area (Å²) in [4.78, 5) is 0. The van der Waals surface area contributed by atoms with Crippen LogP contribution < -0.4 is 10.1 Å². The van der Waals surface area contributed by atoms with E-state index in [9.17, 15) is 0 Å². The Morgan fingerprint density at radius 3 is 2.90 bits per heavy atom. The molecule has 0 unspecified atom stereocenters. The second-order valence-corrected chi connectivity index (χ2v) is 6.22. The highest BCUT2D eigenvalue weighted by atomic mass is 79.9. The second kappa shape index (κ2) is 8.20. The number of nitrogens with zero attached hydrogens (tertiary/aromatic N) is 2. The van der Waals surface area contributed by atoms with E-state index in [0.29, 0.717) is 12.5 Å². The molecule has 0 saturated heterocycles. The third-order valence-electron chi connectivity index (χ3n) is 3.04. The molecular formula is C16H22BrN3O. The number of ether oxygens (including phenoxy) is 1. The molecule has 1 aromatic heterocycles. The van der Waals surface area contributed by atoms with Gasteiger partial charge in [-0.1, -0.05) is 26.0 Å². The van der Waals surface area contributed by atoms with Crippen LogP contribution in [0, 0.1) is 5.92 Å². The highest BCUT2D eigenvalue weighted by Gasteiger charge is 2.08. The Kier molecular flexibility index (Phi) is 6.26. The molecule has 114 valence electrons. The van der Waals surface area contributed by atoms with Gasteiger partial charge in [0.2, 0.25) is 0 Å². The van der Waals surface area contributed by atoms with Crippen LogP contribution in [-0.2, 0) is 13.1 Å². The minimum absolute atomic E-state index is 0.599. The highest BCUT2D eigenvalue weighted by molar-refractivity contribution is 9.10. The molecule has 0 atom stereocenters. The van der Waals surface area contributed by atoms with Crippen LogP contribution in [0.3, 0.4) is 0 Å². The van der Waals surface area contributed by atoms with Crippen LogP contribution in [0.15, 0.2) is 41.1 Å². The maximum absolute atomic E-state index is 5.95. The minimum Gasteiger partial charge on any atom is -0.490 e. The Morgan fingerprint density at radius 2 is 2.19 bits per heavy atom. The molecule has 5 heteroatoms. The molecule has 0 spiro atoms. The van der Waals surface area contributed by atoms with Crippen LogP contribution in [0.5, 0.6) is 5.75 Å². The number of hydrogen-bond acceptors (Lipinski definition) is 3. The fourth-order valence-electron chi connectivity index (χ4n) is 2.02. The zero-order chi connectivity index (χ0) is 15.1. The van der Waals surface area contributed by atoms with E-state index in [-0.39, 0.29) is 0 Å². The topological polar surface area (TPSA) is 39.1 Å². The second-order valence-electron chi connectivity index (χ2n) is 5.37. The third kappa shape index (κ3) is 5.17. The Hall–Kier alpha value is -1.33. The molecule has 1 heterocycles. The normalized spacial score (nSPS) is 11.0. The maximum atomic E-state index is 5.95. The molecule has 0 fully saturated rings. The smallest absolute Gasteiger partial charge is 0.138 e. The van der Waals surface area contributed by atoms with Gasteiger partial charge in [0.15, 0.2) is 0 Å². The van der Waals surface area contributed by atoms with E-state index in [4.69, 9.17) is 4.74 Å². The summed E-state index contributed by atoms with van der Waals surface area (Å²) < 4.78 is 8.81. The molecule has 0 saturated carbocycles. The number of para-hydroxylation sites is 1. The van der Waals surface area contributed by atoms with Crippen molar-refractivity contribution in [2.24, 2.45) is 5.92 Å². The van der Waals surface area contributed by atoms with E-state index < -0.39 is 0 Å². The first-order chi connectivity index (χ1) is 10.2. The van der Waals surface area contributed by atoms with Crippen LogP contribution in [0.25, 0.3) is 0 Å². The monoisotopic (exact) mass is 351 g/mol. The molecule has 4 nitrogen and oxygen atoms in total. The van der Waals surface area contributed by atoms with E-state index in [1.165, 1.54) is 5.56 Å². The van der Waals surface area contributed by atoms with Crippen LogP contribution in [0.2, 0.25) is 0 Å². The summed E-state index contributed by atoms with van der Waals surface area (Å²) in [5, 5.41) is 7.63. The number of rotatable bonds is 8. The van der Waals surface area contributed by atoms with Gasteiger partial charge in [-0.2, -0.15) is 5.10 Å². The zero-order valence-corrected chi connectivity index (χ0v) is 14.1. The summed E-state index contributed by atoms with van der Waals surface area (Å²) in [5.74, 6) is 1.56. The predicted molar refractivity (Wildman–Crippen MR) is 88.4 cm³/mol. The molecule has 1 N–H and O–H groups in total. The molecule has 0 aliphatic carbocycles. The molecule has 0 radical (unpaired) electrons. The number of benzene rings is 1. The number of nitrogens with one attached hydrogen (secondary N) is 1. The van der Waals surface area contributed by atoms with Crippen molar-refractivity contribution < 1.29 is 4.74 Å². The zero-order valence-electron chi connectivity index (χ0n) is 12.6. The van der Waals surface area contributed by atoms with Gasteiger partial charge in [-0.05, 0) is 40.5 Å². The van der Waals surface area contributed by atoms with Crippen molar-refractivity contribution in [1.29, 1.82) is 0 Å². The lowest BCUT2D eigenvalue weighted by Crippen LogP contribution is -2.19. The van der Waals surface area contributed by atoms with Crippen molar-refractivity contribution in [2.75, 3.05) is 13.2 Å². The number of aromatic nitrogens is 2. The van der Waals surface area contributed by atoms with Gasteiger partial charge in [0.05, 0.1) is 11.0 Å². The van der Waals surface area contributed by atoms with Gasteiger partial charge >= 0.3 is 0 Å². The van der Waals surface area contributed by atoms with Gasteiger partial charge in [-0.25, -0.2) is 0 Å². The fraction of sp³-hybridized carbons (Fsp3) is 0.438. The average molecular weight is 352 g/mol. The predicted octanol–water partition coefficient (Wildman–Crippen LogP) is 3.47. The molecule has 21 heavy (non-hydrogen) atoms. The van der Waals surface area contributed by atoms with Gasteiger partial charge in [-0.15, -0.1) is 0 Å². The fourth-order valence-corrected chi connectivity index (χ4v) is 2.55. The summed E-state index contributed by atoms with van der Waals surface area (Å²) in [7, 11) is 0. The van der Waals surface area contributed by atoms with E-state index in [2.05, 4.69) is 46.3 Å². The van der Waals surface area contributed by atoms with Crippen molar-refractivity contribution in [2.45, 2.75) is 26.9 Å². The number of halogens is 1. The standard InChI is InChI=1S/C16H22BrN3O/c1-13(2)11-18-12-14-5-3-6-15(17)16(14)21-10-9-20-8-4-7-19-20/h3-8,13,18H,9-12H2,1-2H3. The van der Waals surface area contributed by atoms with Gasteiger partial charge < -0.3 is 10.1 Å². The molecule has 0 aliphatic heterocycles. The lowest BCUT2D eigenvalue weighted by molar-refractivity contribution is 0.286.